The average Bonchev–Trinajstić information content (AvgIpc) is 3.38. The number of methoxy groups -OCH3 is 2. The molecule has 0 amide bonds. The summed E-state index contributed by atoms with van der Waals surface area (Å²) in [4.78, 5) is 21.3. The highest BCUT2D eigenvalue weighted by molar-refractivity contribution is 5.81. The molecule has 0 radical (unpaired) electrons. The number of benzene rings is 2. The van der Waals surface area contributed by atoms with Crippen LogP contribution in [0.3, 0.4) is 0 Å². The number of nitrogens with one attached hydrogen (secondary N) is 1. The Bertz CT molecular complexity index is 1460. The first-order valence-electron chi connectivity index (χ1n) is 13.0. The summed E-state index contributed by atoms with van der Waals surface area (Å²) in [7, 11) is 3.34. The Balaban J connectivity index is 1.46. The van der Waals surface area contributed by atoms with Gasteiger partial charge in [0.25, 0.3) is 5.56 Å². The van der Waals surface area contributed by atoms with Crippen molar-refractivity contribution in [3.8, 4) is 5.75 Å². The van der Waals surface area contributed by atoms with Crippen molar-refractivity contribution >= 4 is 10.9 Å². The summed E-state index contributed by atoms with van der Waals surface area (Å²) in [5.41, 5.74) is 4.91. The number of hydrogen-bond acceptors (Lipinski definition) is 8. The van der Waals surface area contributed by atoms with Gasteiger partial charge in [-0.25, -0.2) is 4.68 Å². The van der Waals surface area contributed by atoms with Gasteiger partial charge in [0.05, 0.1) is 20.3 Å². The van der Waals surface area contributed by atoms with E-state index < -0.39 is 0 Å². The summed E-state index contributed by atoms with van der Waals surface area (Å²) in [6, 6.07) is 14.0. The summed E-state index contributed by atoms with van der Waals surface area (Å²) in [5, 5.41) is 13.6. The lowest BCUT2D eigenvalue weighted by Gasteiger charge is -2.38. The Morgan fingerprint density at radius 3 is 2.58 bits per heavy atom. The smallest absolute Gasteiger partial charge is 0.253 e. The molecule has 5 rings (SSSR count). The molecule has 10 nitrogen and oxygen atoms in total. The van der Waals surface area contributed by atoms with E-state index in [9.17, 15) is 4.79 Å². The second-order valence-electron chi connectivity index (χ2n) is 9.90. The van der Waals surface area contributed by atoms with Crippen LogP contribution >= 0.6 is 0 Å². The van der Waals surface area contributed by atoms with Gasteiger partial charge in [-0.05, 0) is 76.7 Å². The van der Waals surface area contributed by atoms with Crippen LogP contribution in [0.5, 0.6) is 5.75 Å². The monoisotopic (exact) mass is 517 g/mol. The normalized spacial score (nSPS) is 15.7. The molecule has 0 saturated carbocycles. The minimum Gasteiger partial charge on any atom is -0.497 e. The quantitative estimate of drug-likeness (QED) is 0.362. The van der Waals surface area contributed by atoms with Crippen molar-refractivity contribution in [1.82, 2.24) is 35.0 Å². The zero-order valence-corrected chi connectivity index (χ0v) is 22.5. The maximum absolute atomic E-state index is 13.5. The molecule has 1 N–H and O–H groups in total. The number of piperazine rings is 1. The predicted molar refractivity (Wildman–Crippen MR) is 145 cm³/mol. The van der Waals surface area contributed by atoms with Crippen LogP contribution < -0.4 is 10.3 Å². The van der Waals surface area contributed by atoms with Gasteiger partial charge in [0.2, 0.25) is 0 Å². The number of pyridine rings is 1. The number of tetrazole rings is 1. The number of aromatic amines is 1. The van der Waals surface area contributed by atoms with E-state index in [0.717, 1.165) is 54.9 Å². The summed E-state index contributed by atoms with van der Waals surface area (Å²) in [5.74, 6) is 1.52. The Labute approximate surface area is 222 Å². The summed E-state index contributed by atoms with van der Waals surface area (Å²) < 4.78 is 12.4. The number of H-pyrrole nitrogens is 1. The van der Waals surface area contributed by atoms with Crippen molar-refractivity contribution in [2.24, 2.45) is 0 Å². The molecule has 2 aromatic heterocycles. The van der Waals surface area contributed by atoms with E-state index in [0.29, 0.717) is 24.5 Å². The van der Waals surface area contributed by atoms with Gasteiger partial charge in [-0.15, -0.1) is 5.10 Å². The van der Waals surface area contributed by atoms with E-state index in [-0.39, 0.29) is 11.6 Å². The van der Waals surface area contributed by atoms with Crippen LogP contribution in [0.4, 0.5) is 0 Å². The summed E-state index contributed by atoms with van der Waals surface area (Å²) >= 11 is 0. The third kappa shape index (κ3) is 5.47. The van der Waals surface area contributed by atoms with E-state index in [1.54, 1.807) is 18.9 Å². The molecule has 0 bridgehead atoms. The van der Waals surface area contributed by atoms with Crippen LogP contribution in [-0.2, 0) is 17.8 Å². The second-order valence-corrected chi connectivity index (χ2v) is 9.90. The minimum atomic E-state index is -0.379. The molecule has 1 atom stereocenters. The van der Waals surface area contributed by atoms with Gasteiger partial charge in [0, 0.05) is 50.9 Å². The van der Waals surface area contributed by atoms with Crippen LogP contribution in [0.2, 0.25) is 0 Å². The zero-order valence-electron chi connectivity index (χ0n) is 22.5. The Morgan fingerprint density at radius 1 is 1.03 bits per heavy atom. The lowest BCUT2D eigenvalue weighted by Crippen LogP contribution is -2.48. The molecule has 10 heteroatoms. The number of ether oxygens (including phenoxy) is 2. The molecule has 0 aliphatic carbocycles. The number of nitrogens with zero attached hydrogens (tertiary/aromatic N) is 6. The molecule has 3 heterocycles. The molecular formula is C28H35N7O3. The topological polar surface area (TPSA) is 101 Å². The van der Waals surface area contributed by atoms with Crippen molar-refractivity contribution < 1.29 is 9.47 Å². The Kier molecular flexibility index (Phi) is 7.82. The molecule has 1 aliphatic heterocycles. The number of hydrogen-bond donors (Lipinski definition) is 1. The number of rotatable bonds is 9. The maximum Gasteiger partial charge on any atom is 0.253 e. The van der Waals surface area contributed by atoms with Gasteiger partial charge < -0.3 is 14.5 Å². The minimum absolute atomic E-state index is 0.120. The van der Waals surface area contributed by atoms with E-state index in [1.807, 2.05) is 24.3 Å². The fourth-order valence-electron chi connectivity index (χ4n) is 5.15. The second kappa shape index (κ2) is 11.4. The maximum atomic E-state index is 13.5. The van der Waals surface area contributed by atoms with Gasteiger partial charge in [-0.3, -0.25) is 14.6 Å². The van der Waals surface area contributed by atoms with Crippen molar-refractivity contribution in [3.63, 3.8) is 0 Å². The molecule has 0 spiro atoms. The molecule has 38 heavy (non-hydrogen) atoms. The number of aromatic nitrogens is 5. The van der Waals surface area contributed by atoms with Crippen LogP contribution in [0.1, 0.15) is 34.1 Å². The number of aryl methyl sites for hydroxylation is 2. The van der Waals surface area contributed by atoms with Crippen LogP contribution in [-0.4, -0.2) is 82.0 Å². The van der Waals surface area contributed by atoms with Crippen LogP contribution in [0.25, 0.3) is 10.9 Å². The van der Waals surface area contributed by atoms with Gasteiger partial charge in [0.1, 0.15) is 11.8 Å². The van der Waals surface area contributed by atoms with Gasteiger partial charge in [-0.1, -0.05) is 12.1 Å². The van der Waals surface area contributed by atoms with Crippen molar-refractivity contribution in [1.29, 1.82) is 0 Å². The number of fused-ring (bicyclic) bond motifs is 1. The molecule has 2 aromatic carbocycles. The van der Waals surface area contributed by atoms with Gasteiger partial charge in [0.15, 0.2) is 5.82 Å². The fraction of sp³-hybridized carbons (Fsp3) is 0.429. The third-order valence-corrected chi connectivity index (χ3v) is 7.41. The van der Waals surface area contributed by atoms with E-state index >= 15 is 0 Å². The molecule has 1 fully saturated rings. The molecule has 1 aliphatic rings. The van der Waals surface area contributed by atoms with Crippen molar-refractivity contribution in [3.05, 3.63) is 80.9 Å². The molecule has 1 saturated heterocycles. The summed E-state index contributed by atoms with van der Waals surface area (Å²) in [6.07, 6.45) is 0. The highest BCUT2D eigenvalue weighted by atomic mass is 16.5. The standard InChI is InChI=1S/C28H35N7O3/c1-19-14-22-17-24(28(36)29-25(22)15-20(19)2)26(27-30-31-32-35(27)12-13-37-3)34-10-8-33(9-11-34)18-21-6-5-7-23(16-21)38-4/h5-7,14-17,26H,8-13,18H2,1-4H3,(H,29,36)/t26-/m1/s1. The lowest BCUT2D eigenvalue weighted by molar-refractivity contribution is 0.0984. The van der Waals surface area contributed by atoms with Gasteiger partial charge >= 0.3 is 0 Å². The van der Waals surface area contributed by atoms with Gasteiger partial charge in [-0.2, -0.15) is 0 Å². The average molecular weight is 518 g/mol. The van der Waals surface area contributed by atoms with Crippen LogP contribution in [0.15, 0.2) is 47.3 Å². The van der Waals surface area contributed by atoms with Crippen molar-refractivity contribution in [2.75, 3.05) is 47.0 Å². The highest BCUT2D eigenvalue weighted by Gasteiger charge is 2.32. The molecule has 200 valence electrons. The molecule has 0 unspecified atom stereocenters. The van der Waals surface area contributed by atoms with Crippen molar-refractivity contribution in [2.45, 2.75) is 33.0 Å². The third-order valence-electron chi connectivity index (χ3n) is 7.41. The highest BCUT2D eigenvalue weighted by Crippen LogP contribution is 2.29. The first-order valence-corrected chi connectivity index (χ1v) is 13.0. The Morgan fingerprint density at radius 2 is 1.82 bits per heavy atom. The molecular weight excluding hydrogens is 482 g/mol. The molecule has 4 aromatic rings. The predicted octanol–water partition coefficient (Wildman–Crippen LogP) is 2.69. The van der Waals surface area contributed by atoms with E-state index in [1.165, 1.54) is 11.1 Å². The SMILES string of the molecule is COCCn1nnnc1[C@@H](c1cc2cc(C)c(C)cc2[nH]c1=O)N1CCN(Cc2cccc(OC)c2)CC1. The lowest BCUT2D eigenvalue weighted by atomic mass is 10.00. The fourth-order valence-corrected chi connectivity index (χ4v) is 5.15. The first kappa shape index (κ1) is 26.0. The largest absolute Gasteiger partial charge is 0.497 e. The van der Waals surface area contributed by atoms with E-state index in [4.69, 9.17) is 9.47 Å². The Hall–Kier alpha value is -3.60. The zero-order chi connectivity index (χ0) is 26.6. The van der Waals surface area contributed by atoms with E-state index in [2.05, 4.69) is 62.4 Å². The summed E-state index contributed by atoms with van der Waals surface area (Å²) in [6.45, 7) is 9.24. The van der Waals surface area contributed by atoms with Crippen LogP contribution in [0, 0.1) is 13.8 Å². The first-order chi connectivity index (χ1) is 18.5.